The van der Waals surface area contributed by atoms with Crippen LogP contribution in [0.1, 0.15) is 21.9 Å². The minimum atomic E-state index is -0.598. The van der Waals surface area contributed by atoms with E-state index in [4.69, 9.17) is 4.74 Å². The Hall–Kier alpha value is -3.62. The van der Waals surface area contributed by atoms with Gasteiger partial charge in [0.25, 0.3) is 0 Å². The number of imide groups is 1. The third-order valence-corrected chi connectivity index (χ3v) is 8.73. The zero-order valence-corrected chi connectivity index (χ0v) is 20.1. The standard InChI is InChI=1S/C27H20N2O4S2/c30-25-21-20(17-11-13-19(14-12-17)33-15-16-7-3-1-4-8-16)22-24(28-27(32)35-22)34-23(21)26(31)29(25)18-9-5-2-6-10-18/h1-14,20-21,23H,15H2,(H,28,32). The number of anilines is 1. The molecule has 3 atom stereocenters. The zero-order valence-electron chi connectivity index (χ0n) is 18.4. The topological polar surface area (TPSA) is 79.5 Å². The lowest BCUT2D eigenvalue weighted by molar-refractivity contribution is -0.122. The van der Waals surface area contributed by atoms with E-state index in [-0.39, 0.29) is 16.7 Å². The fourth-order valence-electron chi connectivity index (χ4n) is 4.72. The van der Waals surface area contributed by atoms with Crippen LogP contribution >= 0.6 is 23.1 Å². The Morgan fingerprint density at radius 1 is 0.829 bits per heavy atom. The largest absolute Gasteiger partial charge is 0.489 e. The van der Waals surface area contributed by atoms with Crippen LogP contribution < -0.4 is 14.5 Å². The molecule has 2 aliphatic heterocycles. The van der Waals surface area contributed by atoms with Crippen LogP contribution in [-0.2, 0) is 16.2 Å². The maximum absolute atomic E-state index is 13.7. The molecule has 1 N–H and O–H groups in total. The van der Waals surface area contributed by atoms with Gasteiger partial charge >= 0.3 is 4.87 Å². The van der Waals surface area contributed by atoms with Gasteiger partial charge in [-0.15, -0.1) is 0 Å². The first-order valence-electron chi connectivity index (χ1n) is 11.2. The number of aromatic nitrogens is 1. The van der Waals surface area contributed by atoms with Crippen LogP contribution in [0, 0.1) is 5.92 Å². The van der Waals surface area contributed by atoms with Crippen LogP contribution in [0.25, 0.3) is 0 Å². The normalized spacial score (nSPS) is 21.0. The summed E-state index contributed by atoms with van der Waals surface area (Å²) in [4.78, 5) is 44.1. The van der Waals surface area contributed by atoms with E-state index in [0.29, 0.717) is 23.1 Å². The molecule has 1 aromatic heterocycles. The fraction of sp³-hybridized carbons (Fsp3) is 0.148. The van der Waals surface area contributed by atoms with Crippen molar-refractivity contribution in [2.75, 3.05) is 4.90 Å². The number of nitrogens with one attached hydrogen (secondary N) is 1. The van der Waals surface area contributed by atoms with E-state index in [1.54, 1.807) is 12.1 Å². The third-order valence-electron chi connectivity index (χ3n) is 6.33. The SMILES string of the molecule is O=C1C2Sc3[nH]c(=O)sc3C(c3ccc(OCc4ccccc4)cc3)C2C(=O)N1c1ccccc1. The number of H-pyrrole nitrogens is 1. The van der Waals surface area contributed by atoms with Gasteiger partial charge < -0.3 is 9.72 Å². The van der Waals surface area contributed by atoms with E-state index in [0.717, 1.165) is 27.3 Å². The summed E-state index contributed by atoms with van der Waals surface area (Å²) < 4.78 is 5.92. The van der Waals surface area contributed by atoms with Crippen LogP contribution in [-0.4, -0.2) is 22.0 Å². The van der Waals surface area contributed by atoms with Gasteiger partial charge in [0, 0.05) is 10.8 Å². The molecule has 6 nitrogen and oxygen atoms in total. The highest BCUT2D eigenvalue weighted by Crippen LogP contribution is 2.53. The quantitative estimate of drug-likeness (QED) is 0.398. The molecule has 8 heteroatoms. The van der Waals surface area contributed by atoms with Gasteiger partial charge in [0.05, 0.1) is 16.6 Å². The number of amides is 2. The second kappa shape index (κ2) is 8.87. The number of nitrogens with zero attached hydrogens (tertiary/aromatic N) is 1. The number of fused-ring (bicyclic) bond motifs is 2. The minimum absolute atomic E-state index is 0.185. The highest BCUT2D eigenvalue weighted by Gasteiger charge is 2.56. The number of benzene rings is 3. The predicted octanol–water partition coefficient (Wildman–Crippen LogP) is 4.81. The third kappa shape index (κ3) is 3.88. The lowest BCUT2D eigenvalue weighted by Gasteiger charge is -2.29. The molecule has 3 aromatic carbocycles. The van der Waals surface area contributed by atoms with Crippen molar-refractivity contribution in [3.05, 3.63) is 111 Å². The number of thiazole rings is 1. The van der Waals surface area contributed by atoms with E-state index >= 15 is 0 Å². The van der Waals surface area contributed by atoms with Crippen LogP contribution in [0.4, 0.5) is 5.69 Å². The Morgan fingerprint density at radius 3 is 2.23 bits per heavy atom. The molecular weight excluding hydrogens is 480 g/mol. The molecule has 1 fully saturated rings. The lowest BCUT2D eigenvalue weighted by atomic mass is 9.83. The Bertz CT molecular complexity index is 1450. The molecule has 0 radical (unpaired) electrons. The molecule has 6 rings (SSSR count). The lowest BCUT2D eigenvalue weighted by Crippen LogP contribution is -2.32. The summed E-state index contributed by atoms with van der Waals surface area (Å²) in [5, 5.41) is 0.0752. The van der Waals surface area contributed by atoms with Crippen molar-refractivity contribution in [1.29, 1.82) is 0 Å². The fourth-order valence-corrected chi connectivity index (χ4v) is 7.24. The van der Waals surface area contributed by atoms with Crippen molar-refractivity contribution in [1.82, 2.24) is 4.98 Å². The predicted molar refractivity (Wildman–Crippen MR) is 136 cm³/mol. The van der Waals surface area contributed by atoms with Crippen molar-refractivity contribution in [2.24, 2.45) is 5.92 Å². The van der Waals surface area contributed by atoms with Gasteiger partial charge in [0.1, 0.15) is 17.6 Å². The van der Waals surface area contributed by atoms with E-state index in [2.05, 4.69) is 4.98 Å². The number of rotatable bonds is 5. The van der Waals surface area contributed by atoms with Gasteiger partial charge in [-0.05, 0) is 35.4 Å². The Labute approximate surface area is 209 Å². The van der Waals surface area contributed by atoms with Crippen molar-refractivity contribution in [3.8, 4) is 5.75 Å². The van der Waals surface area contributed by atoms with E-state index in [1.165, 1.54) is 16.7 Å². The molecule has 174 valence electrons. The van der Waals surface area contributed by atoms with Crippen LogP contribution in [0.3, 0.4) is 0 Å². The van der Waals surface area contributed by atoms with Gasteiger partial charge in [-0.3, -0.25) is 14.4 Å². The summed E-state index contributed by atoms with van der Waals surface area (Å²) in [5.74, 6) is -0.765. The Kier molecular flexibility index (Phi) is 5.54. The maximum atomic E-state index is 13.7. The molecule has 3 unspecified atom stereocenters. The zero-order chi connectivity index (χ0) is 23.9. The van der Waals surface area contributed by atoms with E-state index < -0.39 is 17.1 Å². The number of ether oxygens (including phenoxy) is 1. The van der Waals surface area contributed by atoms with Crippen LogP contribution in [0.2, 0.25) is 0 Å². The molecule has 0 spiro atoms. The number of hydrogen-bond donors (Lipinski definition) is 1. The average molecular weight is 501 g/mol. The number of aromatic amines is 1. The number of hydrogen-bond acceptors (Lipinski definition) is 6. The van der Waals surface area contributed by atoms with Crippen molar-refractivity contribution < 1.29 is 14.3 Å². The summed E-state index contributed by atoms with van der Waals surface area (Å²) in [7, 11) is 0. The molecule has 2 amide bonds. The summed E-state index contributed by atoms with van der Waals surface area (Å²) in [6.45, 7) is 0.452. The van der Waals surface area contributed by atoms with Gasteiger partial charge in [-0.1, -0.05) is 83.8 Å². The molecule has 35 heavy (non-hydrogen) atoms. The van der Waals surface area contributed by atoms with Crippen molar-refractivity contribution in [2.45, 2.75) is 22.8 Å². The van der Waals surface area contributed by atoms with Gasteiger partial charge in [-0.25, -0.2) is 4.90 Å². The molecular formula is C27H20N2O4S2. The molecule has 3 heterocycles. The summed E-state index contributed by atoms with van der Waals surface area (Å²) >= 11 is 2.39. The minimum Gasteiger partial charge on any atom is -0.489 e. The van der Waals surface area contributed by atoms with Gasteiger partial charge in [0.15, 0.2) is 0 Å². The molecule has 0 aliphatic carbocycles. The number of carbonyl (C=O) groups excluding carboxylic acids is 2. The Morgan fingerprint density at radius 2 is 1.51 bits per heavy atom. The number of para-hydroxylation sites is 1. The smallest absolute Gasteiger partial charge is 0.305 e. The molecule has 2 aliphatic rings. The first-order chi connectivity index (χ1) is 17.1. The second-order valence-electron chi connectivity index (χ2n) is 8.44. The summed E-state index contributed by atoms with van der Waals surface area (Å²) in [5.41, 5.74) is 2.51. The maximum Gasteiger partial charge on any atom is 0.305 e. The van der Waals surface area contributed by atoms with E-state index in [9.17, 15) is 14.4 Å². The first-order valence-corrected chi connectivity index (χ1v) is 12.9. The van der Waals surface area contributed by atoms with E-state index in [1.807, 2.05) is 72.8 Å². The highest BCUT2D eigenvalue weighted by molar-refractivity contribution is 8.00. The number of carbonyl (C=O) groups is 2. The molecule has 4 aromatic rings. The highest BCUT2D eigenvalue weighted by atomic mass is 32.2. The summed E-state index contributed by atoms with van der Waals surface area (Å²) in [6, 6.07) is 26.5. The monoisotopic (exact) mass is 500 g/mol. The van der Waals surface area contributed by atoms with Crippen molar-refractivity contribution in [3.63, 3.8) is 0 Å². The van der Waals surface area contributed by atoms with Gasteiger partial charge in [-0.2, -0.15) is 0 Å². The van der Waals surface area contributed by atoms with Crippen molar-refractivity contribution >= 4 is 40.6 Å². The second-order valence-corrected chi connectivity index (χ2v) is 10.6. The summed E-state index contributed by atoms with van der Waals surface area (Å²) in [6.07, 6.45) is 0. The average Bonchev–Trinajstić information content (AvgIpc) is 3.38. The Balaban J connectivity index is 1.34. The van der Waals surface area contributed by atoms with Crippen LogP contribution in [0.5, 0.6) is 5.75 Å². The number of thioether (sulfide) groups is 1. The molecule has 0 saturated carbocycles. The molecule has 0 bridgehead atoms. The molecule has 1 saturated heterocycles. The van der Waals surface area contributed by atoms with Gasteiger partial charge in [0.2, 0.25) is 11.8 Å². The van der Waals surface area contributed by atoms with Crippen LogP contribution in [0.15, 0.2) is 94.7 Å². The first kappa shape index (κ1) is 21.9.